The van der Waals surface area contributed by atoms with Gasteiger partial charge in [-0.15, -0.1) is 11.6 Å². The number of aromatic nitrogens is 1. The molecule has 1 aromatic heterocycles. The minimum atomic E-state index is 0.183. The summed E-state index contributed by atoms with van der Waals surface area (Å²) in [6, 6.07) is 5.91. The Morgan fingerprint density at radius 3 is 2.92 bits per heavy atom. The van der Waals surface area contributed by atoms with E-state index in [0.29, 0.717) is 0 Å². The van der Waals surface area contributed by atoms with Crippen LogP contribution >= 0.6 is 11.6 Å². The highest BCUT2D eigenvalue weighted by molar-refractivity contribution is 6.20. The Kier molecular flexibility index (Phi) is 4.03. The molecule has 0 aliphatic carbocycles. The number of halogens is 1. The molecule has 0 aliphatic rings. The fourth-order valence-corrected chi connectivity index (χ4v) is 1.08. The zero-order valence-electron chi connectivity index (χ0n) is 8.05. The first-order valence-corrected chi connectivity index (χ1v) is 4.97. The van der Waals surface area contributed by atoms with Gasteiger partial charge in [0.15, 0.2) is 0 Å². The second-order valence-electron chi connectivity index (χ2n) is 3.05. The number of nitrogens with one attached hydrogen (secondary N) is 1. The van der Waals surface area contributed by atoms with E-state index in [1.807, 2.05) is 25.1 Å². The molecule has 0 aliphatic heterocycles. The van der Waals surface area contributed by atoms with Gasteiger partial charge in [-0.1, -0.05) is 13.0 Å². The first kappa shape index (κ1) is 10.3. The SMILES string of the molecule is CCC(Cl)CNc1cccc(C)n1. The first-order valence-electron chi connectivity index (χ1n) is 4.54. The van der Waals surface area contributed by atoms with Crippen LogP contribution in [0.3, 0.4) is 0 Å². The first-order chi connectivity index (χ1) is 6.22. The Hall–Kier alpha value is -0.760. The quantitative estimate of drug-likeness (QED) is 0.753. The molecule has 0 saturated heterocycles. The molecule has 2 nitrogen and oxygen atoms in total. The topological polar surface area (TPSA) is 24.9 Å². The lowest BCUT2D eigenvalue weighted by Gasteiger charge is -2.08. The third kappa shape index (κ3) is 3.64. The second-order valence-corrected chi connectivity index (χ2v) is 3.67. The molecule has 1 N–H and O–H groups in total. The van der Waals surface area contributed by atoms with Crippen molar-refractivity contribution in [1.29, 1.82) is 0 Å². The van der Waals surface area contributed by atoms with Crippen molar-refractivity contribution >= 4 is 17.4 Å². The molecule has 0 radical (unpaired) electrons. The number of hydrogen-bond donors (Lipinski definition) is 1. The van der Waals surface area contributed by atoms with Crippen molar-refractivity contribution in [2.75, 3.05) is 11.9 Å². The van der Waals surface area contributed by atoms with Crippen molar-refractivity contribution in [1.82, 2.24) is 4.98 Å². The maximum Gasteiger partial charge on any atom is 0.126 e. The lowest BCUT2D eigenvalue weighted by molar-refractivity contribution is 0.840. The molecule has 1 rings (SSSR count). The van der Waals surface area contributed by atoms with Crippen molar-refractivity contribution in [2.45, 2.75) is 25.6 Å². The van der Waals surface area contributed by atoms with E-state index in [4.69, 9.17) is 11.6 Å². The van der Waals surface area contributed by atoms with Gasteiger partial charge in [0.05, 0.1) is 5.38 Å². The van der Waals surface area contributed by atoms with E-state index >= 15 is 0 Å². The maximum absolute atomic E-state index is 5.96. The Balaban J connectivity index is 2.45. The molecule has 0 saturated carbocycles. The van der Waals surface area contributed by atoms with Crippen molar-refractivity contribution in [2.24, 2.45) is 0 Å². The monoisotopic (exact) mass is 198 g/mol. The second kappa shape index (κ2) is 5.07. The van der Waals surface area contributed by atoms with Crippen LogP contribution in [0.25, 0.3) is 0 Å². The fraction of sp³-hybridized carbons (Fsp3) is 0.500. The summed E-state index contributed by atoms with van der Waals surface area (Å²) in [6.45, 7) is 4.82. The van der Waals surface area contributed by atoms with Gasteiger partial charge in [-0.05, 0) is 25.5 Å². The summed E-state index contributed by atoms with van der Waals surface area (Å²) in [7, 11) is 0. The lowest BCUT2D eigenvalue weighted by atomic mass is 10.3. The maximum atomic E-state index is 5.96. The molecule has 0 amide bonds. The van der Waals surface area contributed by atoms with Crippen molar-refractivity contribution in [3.63, 3.8) is 0 Å². The highest BCUT2D eigenvalue weighted by Crippen LogP contribution is 2.06. The van der Waals surface area contributed by atoms with Crippen LogP contribution in [-0.4, -0.2) is 16.9 Å². The van der Waals surface area contributed by atoms with E-state index in [2.05, 4.69) is 17.2 Å². The molecule has 13 heavy (non-hydrogen) atoms. The molecule has 72 valence electrons. The summed E-state index contributed by atoms with van der Waals surface area (Å²) in [4.78, 5) is 4.31. The van der Waals surface area contributed by atoms with Gasteiger partial charge in [-0.25, -0.2) is 4.98 Å². The normalized spacial score (nSPS) is 12.5. The number of aryl methyl sites for hydroxylation is 1. The van der Waals surface area contributed by atoms with E-state index < -0.39 is 0 Å². The van der Waals surface area contributed by atoms with E-state index in [1.54, 1.807) is 0 Å². The van der Waals surface area contributed by atoms with Crippen LogP contribution in [0.15, 0.2) is 18.2 Å². The Labute approximate surface area is 84.3 Å². The number of pyridine rings is 1. The minimum Gasteiger partial charge on any atom is -0.369 e. The van der Waals surface area contributed by atoms with Gasteiger partial charge in [0.1, 0.15) is 5.82 Å². The van der Waals surface area contributed by atoms with E-state index in [-0.39, 0.29) is 5.38 Å². The average Bonchev–Trinajstić information content (AvgIpc) is 2.14. The average molecular weight is 199 g/mol. The van der Waals surface area contributed by atoms with Crippen LogP contribution < -0.4 is 5.32 Å². The van der Waals surface area contributed by atoms with Gasteiger partial charge in [-0.2, -0.15) is 0 Å². The van der Waals surface area contributed by atoms with Gasteiger partial charge in [0, 0.05) is 12.2 Å². The number of anilines is 1. The van der Waals surface area contributed by atoms with E-state index in [0.717, 1.165) is 24.5 Å². The van der Waals surface area contributed by atoms with Crippen molar-refractivity contribution in [3.05, 3.63) is 23.9 Å². The molecular formula is C10H15ClN2. The van der Waals surface area contributed by atoms with E-state index in [1.165, 1.54) is 0 Å². The van der Waals surface area contributed by atoms with Crippen LogP contribution in [0.1, 0.15) is 19.0 Å². The van der Waals surface area contributed by atoms with Crippen LogP contribution in [-0.2, 0) is 0 Å². The number of alkyl halides is 1. The molecule has 1 atom stereocenters. The van der Waals surface area contributed by atoms with Crippen LogP contribution in [0.2, 0.25) is 0 Å². The summed E-state index contributed by atoms with van der Waals surface area (Å²) in [6.07, 6.45) is 0.973. The van der Waals surface area contributed by atoms with Crippen LogP contribution in [0.4, 0.5) is 5.82 Å². The van der Waals surface area contributed by atoms with Crippen molar-refractivity contribution < 1.29 is 0 Å². The molecule has 0 bridgehead atoms. The zero-order chi connectivity index (χ0) is 9.68. The minimum absolute atomic E-state index is 0.183. The van der Waals surface area contributed by atoms with E-state index in [9.17, 15) is 0 Å². The predicted molar refractivity (Wildman–Crippen MR) is 57.4 cm³/mol. The molecule has 0 fully saturated rings. The summed E-state index contributed by atoms with van der Waals surface area (Å²) < 4.78 is 0. The third-order valence-corrected chi connectivity index (χ3v) is 2.30. The van der Waals surface area contributed by atoms with Crippen LogP contribution in [0.5, 0.6) is 0 Å². The molecule has 0 aromatic carbocycles. The lowest BCUT2D eigenvalue weighted by Crippen LogP contribution is -2.13. The summed E-state index contributed by atoms with van der Waals surface area (Å²) in [5, 5.41) is 3.38. The van der Waals surface area contributed by atoms with Crippen molar-refractivity contribution in [3.8, 4) is 0 Å². The molecule has 1 heterocycles. The molecular weight excluding hydrogens is 184 g/mol. The molecule has 3 heteroatoms. The zero-order valence-corrected chi connectivity index (χ0v) is 8.80. The molecule has 0 spiro atoms. The highest BCUT2D eigenvalue weighted by atomic mass is 35.5. The standard InChI is InChI=1S/C10H15ClN2/c1-3-9(11)7-12-10-6-4-5-8(2)13-10/h4-6,9H,3,7H2,1-2H3,(H,12,13). The number of hydrogen-bond acceptors (Lipinski definition) is 2. The fourth-order valence-electron chi connectivity index (χ4n) is 1.00. The van der Waals surface area contributed by atoms with Gasteiger partial charge < -0.3 is 5.32 Å². The number of rotatable bonds is 4. The van der Waals surface area contributed by atoms with Gasteiger partial charge in [0.2, 0.25) is 0 Å². The third-order valence-electron chi connectivity index (χ3n) is 1.84. The Morgan fingerprint density at radius 1 is 1.54 bits per heavy atom. The Bertz CT molecular complexity index is 263. The smallest absolute Gasteiger partial charge is 0.126 e. The van der Waals surface area contributed by atoms with Gasteiger partial charge >= 0.3 is 0 Å². The number of nitrogens with zero attached hydrogens (tertiary/aromatic N) is 1. The van der Waals surface area contributed by atoms with Gasteiger partial charge in [-0.3, -0.25) is 0 Å². The largest absolute Gasteiger partial charge is 0.369 e. The predicted octanol–water partition coefficient (Wildman–Crippen LogP) is 2.82. The highest BCUT2D eigenvalue weighted by Gasteiger charge is 2.00. The summed E-state index contributed by atoms with van der Waals surface area (Å²) in [5.74, 6) is 0.902. The molecule has 1 aromatic rings. The van der Waals surface area contributed by atoms with Gasteiger partial charge in [0.25, 0.3) is 0 Å². The van der Waals surface area contributed by atoms with Crippen LogP contribution in [0, 0.1) is 6.92 Å². The summed E-state index contributed by atoms with van der Waals surface area (Å²) >= 11 is 5.96. The molecule has 1 unspecified atom stereocenters. The Morgan fingerprint density at radius 2 is 2.31 bits per heavy atom. The summed E-state index contributed by atoms with van der Waals surface area (Å²) in [5.41, 5.74) is 1.02.